The van der Waals surface area contributed by atoms with Crippen molar-refractivity contribution in [2.24, 2.45) is 23.2 Å². The summed E-state index contributed by atoms with van der Waals surface area (Å²) in [6, 6.07) is 0. The molecule has 110 valence electrons. The summed E-state index contributed by atoms with van der Waals surface area (Å²) in [5.41, 5.74) is -0.0556. The lowest BCUT2D eigenvalue weighted by atomic mass is 9.48. The fourth-order valence-corrected chi connectivity index (χ4v) is 5.61. The van der Waals surface area contributed by atoms with E-state index in [9.17, 15) is 9.59 Å². The summed E-state index contributed by atoms with van der Waals surface area (Å²) in [4.78, 5) is 26.5. The molecule has 0 aromatic heterocycles. The van der Waals surface area contributed by atoms with Crippen molar-refractivity contribution in [3.8, 4) is 0 Å². The molecule has 5 aliphatic rings. The van der Waals surface area contributed by atoms with Gasteiger partial charge in [0.1, 0.15) is 0 Å². The Morgan fingerprint density at radius 2 is 1.75 bits per heavy atom. The minimum absolute atomic E-state index is 0.0556. The van der Waals surface area contributed by atoms with E-state index < -0.39 is 0 Å². The maximum atomic E-state index is 12.9. The second-order valence-electron chi connectivity index (χ2n) is 7.61. The molecule has 4 heteroatoms. The molecule has 0 radical (unpaired) electrons. The summed E-state index contributed by atoms with van der Waals surface area (Å²) in [7, 11) is 0. The summed E-state index contributed by atoms with van der Waals surface area (Å²) in [6.45, 7) is 2.28. The molecule has 4 aliphatic carbocycles. The molecule has 20 heavy (non-hydrogen) atoms. The predicted octanol–water partition coefficient (Wildman–Crippen LogP) is 1.20. The van der Waals surface area contributed by atoms with Crippen LogP contribution in [0, 0.1) is 23.2 Å². The van der Waals surface area contributed by atoms with Crippen LogP contribution in [0.1, 0.15) is 38.5 Å². The van der Waals surface area contributed by atoms with Crippen molar-refractivity contribution in [3.05, 3.63) is 0 Å². The third-order valence-corrected chi connectivity index (χ3v) is 6.15. The van der Waals surface area contributed by atoms with Gasteiger partial charge >= 0.3 is 0 Å². The molecule has 5 rings (SSSR count). The van der Waals surface area contributed by atoms with Gasteiger partial charge in [-0.05, 0) is 56.3 Å². The van der Waals surface area contributed by atoms with Crippen LogP contribution in [0.25, 0.3) is 0 Å². The highest BCUT2D eigenvalue weighted by Gasteiger charge is 2.54. The first-order valence-corrected chi connectivity index (χ1v) is 8.16. The van der Waals surface area contributed by atoms with Gasteiger partial charge < -0.3 is 10.2 Å². The molecule has 0 aromatic carbocycles. The van der Waals surface area contributed by atoms with Crippen molar-refractivity contribution in [3.63, 3.8) is 0 Å². The van der Waals surface area contributed by atoms with Crippen molar-refractivity contribution >= 4 is 11.7 Å². The number of carbonyl (C=O) groups excluding carboxylic acids is 2. The van der Waals surface area contributed by atoms with Gasteiger partial charge in [-0.1, -0.05) is 0 Å². The van der Waals surface area contributed by atoms with E-state index in [0.717, 1.165) is 43.6 Å². The summed E-state index contributed by atoms with van der Waals surface area (Å²) < 4.78 is 0. The van der Waals surface area contributed by atoms with E-state index in [2.05, 4.69) is 5.32 Å². The maximum absolute atomic E-state index is 12.9. The van der Waals surface area contributed by atoms with Crippen LogP contribution in [0.3, 0.4) is 0 Å². The Morgan fingerprint density at radius 3 is 2.30 bits per heavy atom. The zero-order valence-corrected chi connectivity index (χ0v) is 12.1. The quantitative estimate of drug-likeness (QED) is 0.843. The van der Waals surface area contributed by atoms with Crippen molar-refractivity contribution in [1.82, 2.24) is 10.2 Å². The number of hydrogen-bond acceptors (Lipinski definition) is 3. The first kappa shape index (κ1) is 12.8. The van der Waals surface area contributed by atoms with Crippen LogP contribution in [0.15, 0.2) is 0 Å². The molecule has 0 unspecified atom stereocenters. The topological polar surface area (TPSA) is 49.4 Å². The van der Waals surface area contributed by atoms with Gasteiger partial charge in [0, 0.05) is 18.5 Å². The standard InChI is InChI=1S/C16H24N2O2/c19-14(10-18-2-1-17-9-15(18)20)16-6-11-3-12(7-16)5-13(4-11)8-16/h11-13,17H,1-10H2. The number of piperazine rings is 1. The lowest BCUT2D eigenvalue weighted by molar-refractivity contribution is -0.149. The average Bonchev–Trinajstić information content (AvgIpc) is 2.40. The number of carbonyl (C=O) groups is 2. The minimum Gasteiger partial charge on any atom is -0.333 e. The number of nitrogens with one attached hydrogen (secondary N) is 1. The molecule has 4 saturated carbocycles. The van der Waals surface area contributed by atoms with Gasteiger partial charge in [-0.15, -0.1) is 0 Å². The van der Waals surface area contributed by atoms with E-state index in [1.165, 1.54) is 19.3 Å². The highest BCUT2D eigenvalue weighted by atomic mass is 16.2. The minimum atomic E-state index is -0.0556. The van der Waals surface area contributed by atoms with Crippen LogP contribution >= 0.6 is 0 Å². The summed E-state index contributed by atoms with van der Waals surface area (Å²) >= 11 is 0. The molecule has 1 saturated heterocycles. The molecule has 4 nitrogen and oxygen atoms in total. The molecule has 4 bridgehead atoms. The van der Waals surface area contributed by atoms with Gasteiger partial charge in [0.05, 0.1) is 13.1 Å². The third kappa shape index (κ3) is 2.00. The van der Waals surface area contributed by atoms with Gasteiger partial charge in [-0.3, -0.25) is 9.59 Å². The van der Waals surface area contributed by atoms with Gasteiger partial charge in [0.15, 0.2) is 5.78 Å². The van der Waals surface area contributed by atoms with Gasteiger partial charge in [0.25, 0.3) is 0 Å². The first-order valence-electron chi connectivity index (χ1n) is 8.16. The van der Waals surface area contributed by atoms with E-state index in [4.69, 9.17) is 0 Å². The number of Topliss-reactive ketones (excluding diaryl/α,β-unsaturated/α-hetero) is 1. The van der Waals surface area contributed by atoms with E-state index >= 15 is 0 Å². The molecule has 1 N–H and O–H groups in total. The van der Waals surface area contributed by atoms with E-state index in [-0.39, 0.29) is 11.3 Å². The monoisotopic (exact) mass is 276 g/mol. The lowest BCUT2D eigenvalue weighted by Crippen LogP contribution is -2.55. The number of hydrogen-bond donors (Lipinski definition) is 1. The molecule has 5 fully saturated rings. The lowest BCUT2D eigenvalue weighted by Gasteiger charge is -2.56. The Morgan fingerprint density at radius 1 is 1.15 bits per heavy atom. The Hall–Kier alpha value is -0.900. The normalized spacial score (nSPS) is 43.1. The van der Waals surface area contributed by atoms with E-state index in [1.54, 1.807) is 4.90 Å². The molecule has 1 aliphatic heterocycles. The predicted molar refractivity (Wildman–Crippen MR) is 75.1 cm³/mol. The Kier molecular flexibility index (Phi) is 2.92. The second-order valence-corrected chi connectivity index (χ2v) is 7.61. The van der Waals surface area contributed by atoms with Crippen molar-refractivity contribution in [2.45, 2.75) is 38.5 Å². The summed E-state index contributed by atoms with van der Waals surface area (Å²) in [5.74, 6) is 2.85. The number of nitrogens with zero attached hydrogens (tertiary/aromatic N) is 1. The molecular weight excluding hydrogens is 252 g/mol. The van der Waals surface area contributed by atoms with Crippen LogP contribution in [0.4, 0.5) is 0 Å². The maximum Gasteiger partial charge on any atom is 0.236 e. The number of ketones is 1. The van der Waals surface area contributed by atoms with E-state index in [1.807, 2.05) is 0 Å². The van der Waals surface area contributed by atoms with Crippen LogP contribution < -0.4 is 5.32 Å². The Labute approximate surface area is 120 Å². The van der Waals surface area contributed by atoms with Crippen LogP contribution in [-0.2, 0) is 9.59 Å². The van der Waals surface area contributed by atoms with E-state index in [0.29, 0.717) is 25.4 Å². The van der Waals surface area contributed by atoms with Crippen LogP contribution in [0.5, 0.6) is 0 Å². The fraction of sp³-hybridized carbons (Fsp3) is 0.875. The fourth-order valence-electron chi connectivity index (χ4n) is 5.61. The molecular formula is C16H24N2O2. The summed E-state index contributed by atoms with van der Waals surface area (Å²) in [5, 5.41) is 3.07. The van der Waals surface area contributed by atoms with Gasteiger partial charge in [0.2, 0.25) is 5.91 Å². The molecule has 0 aromatic rings. The second kappa shape index (κ2) is 4.55. The first-order chi connectivity index (χ1) is 9.64. The van der Waals surface area contributed by atoms with Gasteiger partial charge in [-0.25, -0.2) is 0 Å². The number of rotatable bonds is 3. The zero-order valence-electron chi connectivity index (χ0n) is 12.1. The van der Waals surface area contributed by atoms with Crippen LogP contribution in [0.2, 0.25) is 0 Å². The molecule has 0 spiro atoms. The largest absolute Gasteiger partial charge is 0.333 e. The summed E-state index contributed by atoms with van der Waals surface area (Å²) in [6.07, 6.45) is 7.41. The molecule has 0 atom stereocenters. The highest BCUT2D eigenvalue weighted by molar-refractivity contribution is 5.91. The zero-order chi connectivity index (χ0) is 13.7. The van der Waals surface area contributed by atoms with Crippen molar-refractivity contribution < 1.29 is 9.59 Å². The van der Waals surface area contributed by atoms with Gasteiger partial charge in [-0.2, -0.15) is 0 Å². The van der Waals surface area contributed by atoms with Crippen LogP contribution in [-0.4, -0.2) is 42.8 Å². The SMILES string of the molecule is O=C1CNCCN1CC(=O)C12CC3CC(CC(C3)C1)C2. The highest BCUT2D eigenvalue weighted by Crippen LogP contribution is 2.60. The Bertz CT molecular complexity index is 410. The number of amides is 1. The van der Waals surface area contributed by atoms with Crippen molar-refractivity contribution in [1.29, 1.82) is 0 Å². The Balaban J connectivity index is 1.49. The third-order valence-electron chi connectivity index (χ3n) is 6.15. The molecule has 1 heterocycles. The molecule has 1 amide bonds. The van der Waals surface area contributed by atoms with Crippen molar-refractivity contribution in [2.75, 3.05) is 26.2 Å². The average molecular weight is 276 g/mol. The smallest absolute Gasteiger partial charge is 0.236 e.